The van der Waals surface area contributed by atoms with Crippen LogP contribution >= 0.6 is 6.72 Å². The van der Waals surface area contributed by atoms with Crippen molar-refractivity contribution in [1.82, 2.24) is 0 Å². The van der Waals surface area contributed by atoms with E-state index in [-0.39, 0.29) is 6.61 Å². The molecule has 0 saturated carbocycles. The molecule has 1 heterocycles. The van der Waals surface area contributed by atoms with Crippen LogP contribution in [0.4, 0.5) is 0 Å². The normalized spacial score (nSPS) is 38.5. The Kier molecular flexibility index (Phi) is 5.35. The average Bonchev–Trinajstić information content (AvgIpc) is 2.47. The fourth-order valence-electron chi connectivity index (χ4n) is 1.39. The summed E-state index contributed by atoms with van der Waals surface area (Å²) in [5.41, 5.74) is 0. The van der Waals surface area contributed by atoms with Crippen LogP contribution in [0.25, 0.3) is 0 Å². The topological polar surface area (TPSA) is 80.2 Å². The van der Waals surface area contributed by atoms with Crippen LogP contribution in [0.15, 0.2) is 0 Å². The Morgan fingerprint density at radius 2 is 2.19 bits per heavy atom. The van der Waals surface area contributed by atoms with Gasteiger partial charge in [-0.3, -0.25) is 0 Å². The number of aliphatic hydroxyl groups excluding tert-OH is 1. The minimum absolute atomic E-state index is 0.147. The van der Waals surface area contributed by atoms with Crippen molar-refractivity contribution in [3.63, 3.8) is 0 Å². The van der Waals surface area contributed by atoms with E-state index in [1.807, 2.05) is 0 Å². The predicted molar refractivity (Wildman–Crippen MR) is 58.5 cm³/mol. The second-order valence-electron chi connectivity index (χ2n) is 3.28. The minimum Gasteiger partial charge on any atom is -0.780 e. The van der Waals surface area contributed by atoms with Gasteiger partial charge in [0.2, 0.25) is 0 Å². The number of hydrogen-bond donors (Lipinski definition) is 1. The van der Waals surface area contributed by atoms with Crippen molar-refractivity contribution in [2.45, 2.75) is 24.3 Å². The van der Waals surface area contributed by atoms with Crippen LogP contribution in [0.2, 0.25) is 0 Å². The van der Waals surface area contributed by atoms with Gasteiger partial charge in [0.25, 0.3) is 0 Å². The highest BCUT2D eigenvalue weighted by molar-refractivity contribution is 8.06. The Bertz CT molecular complexity index is 280. The number of rotatable bonds is 5. The third-order valence-electron chi connectivity index (χ3n) is 2.18. The van der Waals surface area contributed by atoms with Gasteiger partial charge in [0.15, 0.2) is 0 Å². The highest BCUT2D eigenvalue weighted by Gasteiger charge is 2.42. The maximum absolute atomic E-state index is 11.5. The van der Waals surface area contributed by atoms with Crippen LogP contribution in [0, 0.1) is 0 Å². The first-order chi connectivity index (χ1) is 7.41. The highest BCUT2D eigenvalue weighted by atomic mass is 32.5. The van der Waals surface area contributed by atoms with E-state index in [1.54, 1.807) is 0 Å². The summed E-state index contributed by atoms with van der Waals surface area (Å²) in [5.74, 6) is 0. The molecule has 9 heteroatoms. The van der Waals surface area contributed by atoms with Gasteiger partial charge >= 0.3 is 0 Å². The molecular formula is C7H13BO6PS-. The number of aliphatic hydroxyl groups is 1. The molecule has 1 aliphatic heterocycles. The second-order valence-corrected chi connectivity index (χ2v) is 6.10. The van der Waals surface area contributed by atoms with Crippen LogP contribution in [0.5, 0.6) is 0 Å². The monoisotopic (exact) mass is 267 g/mol. The van der Waals surface area contributed by atoms with Crippen molar-refractivity contribution in [3.8, 4) is 0 Å². The SMILES string of the molecule is [B][C@@H]1O[C@H](COC)C(OP([O-])(=S)OC)[C@@H]1O. The summed E-state index contributed by atoms with van der Waals surface area (Å²) in [4.78, 5) is 11.5. The molecule has 5 atom stereocenters. The lowest BCUT2D eigenvalue weighted by atomic mass is 9.93. The van der Waals surface area contributed by atoms with Crippen molar-refractivity contribution >= 4 is 26.4 Å². The fourth-order valence-corrected chi connectivity index (χ4v) is 2.33. The maximum atomic E-state index is 11.5. The first kappa shape index (κ1) is 14.5. The molecular weight excluding hydrogens is 254 g/mol. The quantitative estimate of drug-likeness (QED) is 0.479. The maximum Gasteiger partial charge on any atom is 0.120 e. The second kappa shape index (κ2) is 5.88. The Balaban J connectivity index is 2.70. The molecule has 1 N–H and O–H groups in total. The number of hydrogen-bond acceptors (Lipinski definition) is 7. The lowest BCUT2D eigenvalue weighted by Crippen LogP contribution is -2.37. The summed E-state index contributed by atoms with van der Waals surface area (Å²) < 4.78 is 19.6. The van der Waals surface area contributed by atoms with Crippen molar-refractivity contribution < 1.29 is 28.5 Å². The average molecular weight is 267 g/mol. The van der Waals surface area contributed by atoms with Crippen LogP contribution in [-0.4, -0.2) is 58.1 Å². The van der Waals surface area contributed by atoms with E-state index in [9.17, 15) is 10.00 Å². The fraction of sp³-hybridized carbons (Fsp3) is 1.00. The Labute approximate surface area is 100 Å². The zero-order chi connectivity index (χ0) is 12.3. The molecule has 0 aliphatic carbocycles. The van der Waals surface area contributed by atoms with Gasteiger partial charge in [0, 0.05) is 20.2 Å². The van der Waals surface area contributed by atoms with Gasteiger partial charge in [0.1, 0.15) is 32.9 Å². The van der Waals surface area contributed by atoms with Gasteiger partial charge < -0.3 is 28.5 Å². The van der Waals surface area contributed by atoms with Crippen LogP contribution in [-0.2, 0) is 30.3 Å². The smallest absolute Gasteiger partial charge is 0.120 e. The van der Waals surface area contributed by atoms with E-state index in [0.29, 0.717) is 0 Å². The predicted octanol–water partition coefficient (Wildman–Crippen LogP) is -1.50. The third kappa shape index (κ3) is 3.48. The van der Waals surface area contributed by atoms with Crippen molar-refractivity contribution in [2.24, 2.45) is 0 Å². The third-order valence-corrected chi connectivity index (χ3v) is 3.83. The largest absolute Gasteiger partial charge is 0.780 e. The van der Waals surface area contributed by atoms with Crippen LogP contribution < -0.4 is 4.89 Å². The first-order valence-electron chi connectivity index (χ1n) is 4.54. The minimum atomic E-state index is -3.62. The van der Waals surface area contributed by atoms with E-state index in [1.165, 1.54) is 14.2 Å². The molecule has 2 unspecified atom stereocenters. The Morgan fingerprint density at radius 1 is 1.56 bits per heavy atom. The molecule has 1 rings (SSSR count). The van der Waals surface area contributed by atoms with Crippen molar-refractivity contribution in [2.75, 3.05) is 20.8 Å². The standard InChI is InChI=1S/C7H14BO6PS/c1-11-3-4-6(5(9)7(8)13-4)14-15(10,16)12-2/h4-7,9H,3H2,1-2H3,(H,10,16)/p-1/t4-,5+,6?,7-,15?/m1/s1. The summed E-state index contributed by atoms with van der Waals surface area (Å²) in [6.45, 7) is -3.47. The molecule has 0 amide bonds. The molecule has 6 nitrogen and oxygen atoms in total. The van der Waals surface area contributed by atoms with Gasteiger partial charge in [-0.15, -0.1) is 0 Å². The van der Waals surface area contributed by atoms with Gasteiger partial charge in [-0.2, -0.15) is 0 Å². The summed E-state index contributed by atoms with van der Waals surface area (Å²) >= 11 is 4.57. The molecule has 1 aliphatic rings. The van der Waals surface area contributed by atoms with Crippen molar-refractivity contribution in [1.29, 1.82) is 0 Å². The van der Waals surface area contributed by atoms with Crippen LogP contribution in [0.1, 0.15) is 0 Å². The molecule has 0 aromatic rings. The van der Waals surface area contributed by atoms with E-state index in [0.717, 1.165) is 0 Å². The summed E-state index contributed by atoms with van der Waals surface area (Å²) in [7, 11) is 8.10. The molecule has 1 fully saturated rings. The molecule has 16 heavy (non-hydrogen) atoms. The summed E-state index contributed by atoms with van der Waals surface area (Å²) in [6.07, 6.45) is -2.66. The lowest BCUT2D eigenvalue weighted by molar-refractivity contribution is -0.212. The van der Waals surface area contributed by atoms with Gasteiger partial charge in [-0.25, -0.2) is 0 Å². The zero-order valence-corrected chi connectivity index (χ0v) is 10.6. The molecule has 2 radical (unpaired) electrons. The summed E-state index contributed by atoms with van der Waals surface area (Å²) in [5, 5.41) is 9.66. The Hall–Kier alpha value is 0.475. The van der Waals surface area contributed by atoms with E-state index in [4.69, 9.17) is 21.8 Å². The highest BCUT2D eigenvalue weighted by Crippen LogP contribution is 2.42. The summed E-state index contributed by atoms with van der Waals surface area (Å²) in [6, 6.07) is -0.919. The van der Waals surface area contributed by atoms with E-state index < -0.39 is 31.0 Å². The molecule has 0 aromatic carbocycles. The van der Waals surface area contributed by atoms with E-state index in [2.05, 4.69) is 16.3 Å². The van der Waals surface area contributed by atoms with Crippen LogP contribution in [0.3, 0.4) is 0 Å². The molecule has 1 saturated heterocycles. The molecule has 0 bridgehead atoms. The Morgan fingerprint density at radius 3 is 2.69 bits per heavy atom. The lowest BCUT2D eigenvalue weighted by Gasteiger charge is -2.31. The molecule has 92 valence electrons. The van der Waals surface area contributed by atoms with Gasteiger partial charge in [-0.1, -0.05) is 11.8 Å². The van der Waals surface area contributed by atoms with Gasteiger partial charge in [-0.05, 0) is 0 Å². The van der Waals surface area contributed by atoms with Gasteiger partial charge in [0.05, 0.1) is 6.61 Å². The number of ether oxygens (including phenoxy) is 2. The van der Waals surface area contributed by atoms with E-state index >= 15 is 0 Å². The molecule has 0 aromatic heterocycles. The van der Waals surface area contributed by atoms with Crippen molar-refractivity contribution in [3.05, 3.63) is 0 Å². The number of methoxy groups -OCH3 is 1. The molecule has 0 spiro atoms. The zero-order valence-electron chi connectivity index (χ0n) is 8.94. The first-order valence-corrected chi connectivity index (χ1v) is 7.10.